The predicted octanol–water partition coefficient (Wildman–Crippen LogP) is 2.87. The zero-order valence-electron chi connectivity index (χ0n) is 9.80. The number of nitrogens with one attached hydrogen (secondary N) is 1. The lowest BCUT2D eigenvalue weighted by Gasteiger charge is -2.28. The maximum absolute atomic E-state index is 11.9. The number of carbonyl (C=O) groups excluding carboxylic acids is 1. The Kier molecular flexibility index (Phi) is 3.66. The number of carbonyl (C=O) groups is 1. The smallest absolute Gasteiger partial charge is 0.223 e. The highest BCUT2D eigenvalue weighted by molar-refractivity contribution is 5.79. The Labute approximate surface area is 92.8 Å². The van der Waals surface area contributed by atoms with E-state index < -0.39 is 0 Å². The van der Waals surface area contributed by atoms with Gasteiger partial charge in [0.2, 0.25) is 5.91 Å². The van der Waals surface area contributed by atoms with E-state index in [9.17, 15) is 4.79 Å². The van der Waals surface area contributed by atoms with E-state index >= 15 is 0 Å². The molecule has 0 aromatic rings. The van der Waals surface area contributed by atoms with Crippen LogP contribution in [0.2, 0.25) is 0 Å². The zero-order valence-corrected chi connectivity index (χ0v) is 9.80. The van der Waals surface area contributed by atoms with Crippen molar-refractivity contribution in [2.75, 3.05) is 0 Å². The summed E-state index contributed by atoms with van der Waals surface area (Å²) in [5.74, 6) is 1.47. The van der Waals surface area contributed by atoms with Crippen molar-refractivity contribution in [1.29, 1.82) is 0 Å². The zero-order chi connectivity index (χ0) is 10.7. The lowest BCUT2D eigenvalue weighted by molar-refractivity contribution is -0.125. The molecule has 2 unspecified atom stereocenters. The van der Waals surface area contributed by atoms with Crippen LogP contribution in [0, 0.1) is 11.8 Å². The summed E-state index contributed by atoms with van der Waals surface area (Å²) in [5, 5.41) is 3.25. The molecule has 86 valence electrons. The van der Waals surface area contributed by atoms with Crippen molar-refractivity contribution in [3.8, 4) is 0 Å². The Morgan fingerprint density at radius 2 is 1.80 bits per heavy atom. The van der Waals surface area contributed by atoms with Crippen LogP contribution in [-0.4, -0.2) is 11.9 Å². The second kappa shape index (κ2) is 5.00. The topological polar surface area (TPSA) is 29.1 Å². The molecule has 0 aromatic heterocycles. The predicted molar refractivity (Wildman–Crippen MR) is 61.5 cm³/mol. The van der Waals surface area contributed by atoms with Crippen molar-refractivity contribution in [2.45, 2.75) is 64.3 Å². The van der Waals surface area contributed by atoms with Crippen LogP contribution in [0.4, 0.5) is 0 Å². The minimum atomic E-state index is 0.335. The van der Waals surface area contributed by atoms with E-state index in [2.05, 4.69) is 12.2 Å². The van der Waals surface area contributed by atoms with Crippen LogP contribution >= 0.6 is 0 Å². The third-order valence-electron chi connectivity index (χ3n) is 4.01. The summed E-state index contributed by atoms with van der Waals surface area (Å²) in [6, 6.07) is 0.474. The summed E-state index contributed by atoms with van der Waals surface area (Å²) in [4.78, 5) is 11.9. The molecule has 2 aliphatic rings. The molecule has 0 heterocycles. The van der Waals surface area contributed by atoms with Gasteiger partial charge in [-0.05, 0) is 31.6 Å². The first kappa shape index (κ1) is 11.0. The highest BCUT2D eigenvalue weighted by Gasteiger charge is 2.26. The summed E-state index contributed by atoms with van der Waals surface area (Å²) in [5.41, 5.74) is 0. The van der Waals surface area contributed by atoms with Gasteiger partial charge < -0.3 is 5.32 Å². The number of amides is 1. The van der Waals surface area contributed by atoms with Gasteiger partial charge in [0.05, 0.1) is 0 Å². The first-order valence-electron chi connectivity index (χ1n) is 6.56. The fraction of sp³-hybridized carbons (Fsp3) is 0.923. The van der Waals surface area contributed by atoms with Crippen molar-refractivity contribution < 1.29 is 4.79 Å². The molecular formula is C13H23NO. The van der Waals surface area contributed by atoms with Gasteiger partial charge in [0.1, 0.15) is 0 Å². The first-order chi connectivity index (χ1) is 7.25. The van der Waals surface area contributed by atoms with Gasteiger partial charge in [-0.2, -0.15) is 0 Å². The molecule has 2 saturated carbocycles. The van der Waals surface area contributed by atoms with Gasteiger partial charge in [-0.15, -0.1) is 0 Å². The Morgan fingerprint density at radius 3 is 2.47 bits per heavy atom. The van der Waals surface area contributed by atoms with E-state index in [4.69, 9.17) is 0 Å². The van der Waals surface area contributed by atoms with Crippen LogP contribution in [-0.2, 0) is 4.79 Å². The van der Waals surface area contributed by atoms with Gasteiger partial charge in [-0.3, -0.25) is 4.79 Å². The molecule has 15 heavy (non-hydrogen) atoms. The van der Waals surface area contributed by atoms with E-state index in [0.29, 0.717) is 17.9 Å². The molecule has 2 atom stereocenters. The summed E-state index contributed by atoms with van der Waals surface area (Å²) < 4.78 is 0. The van der Waals surface area contributed by atoms with Crippen LogP contribution in [0.25, 0.3) is 0 Å². The molecule has 2 aliphatic carbocycles. The molecule has 0 aliphatic heterocycles. The van der Waals surface area contributed by atoms with Crippen molar-refractivity contribution in [3.63, 3.8) is 0 Å². The fourth-order valence-electron chi connectivity index (χ4n) is 3.07. The molecule has 0 aromatic carbocycles. The average Bonchev–Trinajstić information content (AvgIpc) is 2.70. The third-order valence-corrected chi connectivity index (χ3v) is 4.01. The van der Waals surface area contributed by atoms with Crippen LogP contribution < -0.4 is 5.32 Å². The van der Waals surface area contributed by atoms with Gasteiger partial charge >= 0.3 is 0 Å². The SMILES string of the molecule is CC1CCCC(NC(=O)C2CCCC2)C1. The molecule has 1 N–H and O–H groups in total. The summed E-state index contributed by atoms with van der Waals surface area (Å²) in [7, 11) is 0. The fourth-order valence-corrected chi connectivity index (χ4v) is 3.07. The van der Waals surface area contributed by atoms with Gasteiger partial charge in [0.15, 0.2) is 0 Å². The van der Waals surface area contributed by atoms with E-state index in [1.165, 1.54) is 38.5 Å². The first-order valence-corrected chi connectivity index (χ1v) is 6.56. The van der Waals surface area contributed by atoms with Crippen molar-refractivity contribution in [3.05, 3.63) is 0 Å². The quantitative estimate of drug-likeness (QED) is 0.744. The third kappa shape index (κ3) is 2.96. The maximum Gasteiger partial charge on any atom is 0.223 e. The van der Waals surface area contributed by atoms with E-state index in [1.54, 1.807) is 0 Å². The van der Waals surface area contributed by atoms with Crippen LogP contribution in [0.5, 0.6) is 0 Å². The summed E-state index contributed by atoms with van der Waals surface area (Å²) in [6.07, 6.45) is 9.76. The van der Waals surface area contributed by atoms with Crippen LogP contribution in [0.1, 0.15) is 58.3 Å². The molecule has 0 spiro atoms. The van der Waals surface area contributed by atoms with Crippen molar-refractivity contribution in [1.82, 2.24) is 5.32 Å². The lowest BCUT2D eigenvalue weighted by Crippen LogP contribution is -2.40. The Bertz CT molecular complexity index is 221. The standard InChI is InChI=1S/C13H23NO/c1-10-5-4-8-12(9-10)14-13(15)11-6-2-3-7-11/h10-12H,2-9H2,1H3,(H,14,15). The monoisotopic (exact) mass is 209 g/mol. The summed E-state index contributed by atoms with van der Waals surface area (Å²) in [6.45, 7) is 2.30. The van der Waals surface area contributed by atoms with Gasteiger partial charge in [0.25, 0.3) is 0 Å². The minimum absolute atomic E-state index is 0.335. The van der Waals surface area contributed by atoms with E-state index in [1.807, 2.05) is 0 Å². The second-order valence-corrected chi connectivity index (χ2v) is 5.46. The molecule has 0 radical (unpaired) electrons. The maximum atomic E-state index is 11.9. The molecule has 0 bridgehead atoms. The number of rotatable bonds is 2. The van der Waals surface area contributed by atoms with Crippen LogP contribution in [0.3, 0.4) is 0 Å². The van der Waals surface area contributed by atoms with E-state index in [0.717, 1.165) is 18.8 Å². The molecule has 0 saturated heterocycles. The molecule has 2 fully saturated rings. The Balaban J connectivity index is 1.77. The normalized spacial score (nSPS) is 32.9. The second-order valence-electron chi connectivity index (χ2n) is 5.46. The number of hydrogen-bond donors (Lipinski definition) is 1. The summed E-state index contributed by atoms with van der Waals surface area (Å²) >= 11 is 0. The molecule has 1 amide bonds. The van der Waals surface area contributed by atoms with Gasteiger partial charge in [0, 0.05) is 12.0 Å². The Hall–Kier alpha value is -0.530. The van der Waals surface area contributed by atoms with Crippen LogP contribution in [0.15, 0.2) is 0 Å². The lowest BCUT2D eigenvalue weighted by atomic mass is 9.87. The van der Waals surface area contributed by atoms with E-state index in [-0.39, 0.29) is 0 Å². The highest BCUT2D eigenvalue weighted by atomic mass is 16.1. The molecular weight excluding hydrogens is 186 g/mol. The highest BCUT2D eigenvalue weighted by Crippen LogP contribution is 2.27. The molecule has 2 heteroatoms. The van der Waals surface area contributed by atoms with Gasteiger partial charge in [-0.1, -0.05) is 32.6 Å². The molecule has 2 nitrogen and oxygen atoms in total. The number of hydrogen-bond acceptors (Lipinski definition) is 1. The average molecular weight is 209 g/mol. The van der Waals surface area contributed by atoms with Crippen molar-refractivity contribution >= 4 is 5.91 Å². The largest absolute Gasteiger partial charge is 0.353 e. The molecule has 2 rings (SSSR count). The van der Waals surface area contributed by atoms with Gasteiger partial charge in [-0.25, -0.2) is 0 Å². The Morgan fingerprint density at radius 1 is 1.07 bits per heavy atom. The van der Waals surface area contributed by atoms with Crippen molar-refractivity contribution in [2.24, 2.45) is 11.8 Å². The minimum Gasteiger partial charge on any atom is -0.353 e.